The van der Waals surface area contributed by atoms with Crippen molar-refractivity contribution in [3.63, 3.8) is 0 Å². The lowest BCUT2D eigenvalue weighted by Gasteiger charge is -2.22. The zero-order valence-corrected chi connectivity index (χ0v) is 15.2. The molecule has 26 heavy (non-hydrogen) atoms. The van der Waals surface area contributed by atoms with Gasteiger partial charge < -0.3 is 14.6 Å². The molecule has 4 heteroatoms. The van der Waals surface area contributed by atoms with Crippen LogP contribution in [0, 0.1) is 0 Å². The molecule has 1 heterocycles. The van der Waals surface area contributed by atoms with Gasteiger partial charge in [-0.15, -0.1) is 0 Å². The van der Waals surface area contributed by atoms with E-state index in [0.29, 0.717) is 6.54 Å². The predicted octanol–water partition coefficient (Wildman–Crippen LogP) is 2.41. The predicted molar refractivity (Wildman–Crippen MR) is 102 cm³/mol. The number of amides is 1. The fourth-order valence-corrected chi connectivity index (χ4v) is 3.17. The number of furan rings is 1. The molecule has 2 aromatic carbocycles. The highest BCUT2D eigenvalue weighted by molar-refractivity contribution is 5.87. The number of benzene rings is 2. The smallest absolute Gasteiger partial charge is 0.232 e. The standard InChI is InChI=1S/C22H24N2O2/c1-24(2)19(20-14-9-15-26-20)16-23-22(25)21(17-10-5-3-6-11-17)18-12-7-4-8-13-18/h3-15,19,21H,16H2,1-2H3,(H,23,25)/p+1/t19-/m1/s1. The molecule has 0 bridgehead atoms. The first-order valence-corrected chi connectivity index (χ1v) is 8.88. The SMILES string of the molecule is C[NH+](C)[C@H](CNC(=O)C(c1ccccc1)c1ccccc1)c1ccco1. The average molecular weight is 349 g/mol. The molecule has 0 saturated heterocycles. The summed E-state index contributed by atoms with van der Waals surface area (Å²) in [7, 11) is 4.12. The minimum atomic E-state index is -0.327. The van der Waals surface area contributed by atoms with Gasteiger partial charge in [-0.05, 0) is 23.3 Å². The first-order valence-electron chi connectivity index (χ1n) is 8.88. The molecule has 0 fully saturated rings. The van der Waals surface area contributed by atoms with E-state index in [1.807, 2.05) is 72.8 Å². The average Bonchev–Trinajstić information content (AvgIpc) is 3.18. The molecule has 0 saturated carbocycles. The molecule has 0 aliphatic carbocycles. The molecule has 0 spiro atoms. The van der Waals surface area contributed by atoms with Crippen LogP contribution < -0.4 is 10.2 Å². The maximum atomic E-state index is 13.1. The van der Waals surface area contributed by atoms with Gasteiger partial charge in [0.05, 0.1) is 32.8 Å². The van der Waals surface area contributed by atoms with Gasteiger partial charge in [0, 0.05) is 0 Å². The summed E-state index contributed by atoms with van der Waals surface area (Å²) in [4.78, 5) is 14.3. The quantitative estimate of drug-likeness (QED) is 0.688. The molecule has 134 valence electrons. The summed E-state index contributed by atoms with van der Waals surface area (Å²) in [6.45, 7) is 0.519. The first kappa shape index (κ1) is 18.0. The highest BCUT2D eigenvalue weighted by Crippen LogP contribution is 2.24. The van der Waals surface area contributed by atoms with Crippen LogP contribution in [0.3, 0.4) is 0 Å². The Kier molecular flexibility index (Phi) is 5.87. The summed E-state index contributed by atoms with van der Waals surface area (Å²) >= 11 is 0. The summed E-state index contributed by atoms with van der Waals surface area (Å²) in [6.07, 6.45) is 1.67. The van der Waals surface area contributed by atoms with Gasteiger partial charge in [-0.3, -0.25) is 4.79 Å². The molecule has 3 rings (SSSR count). The van der Waals surface area contributed by atoms with E-state index in [0.717, 1.165) is 16.9 Å². The Bertz CT molecular complexity index is 759. The third kappa shape index (κ3) is 4.21. The van der Waals surface area contributed by atoms with Crippen LogP contribution in [0.25, 0.3) is 0 Å². The summed E-state index contributed by atoms with van der Waals surface area (Å²) in [6, 6.07) is 23.7. The van der Waals surface area contributed by atoms with E-state index < -0.39 is 0 Å². The second kappa shape index (κ2) is 8.50. The second-order valence-corrected chi connectivity index (χ2v) is 6.64. The van der Waals surface area contributed by atoms with Crippen LogP contribution >= 0.6 is 0 Å². The molecule has 3 aromatic rings. The molecule has 1 amide bonds. The number of rotatable bonds is 7. The maximum absolute atomic E-state index is 13.1. The number of likely N-dealkylation sites (N-methyl/N-ethyl adjacent to an activating group) is 1. The van der Waals surface area contributed by atoms with Crippen LogP contribution in [0.1, 0.15) is 28.8 Å². The molecule has 0 aliphatic rings. The minimum absolute atomic E-state index is 0.000191. The molecule has 2 N–H and O–H groups in total. The van der Waals surface area contributed by atoms with E-state index in [1.54, 1.807) is 6.26 Å². The van der Waals surface area contributed by atoms with Crippen molar-refractivity contribution in [2.75, 3.05) is 20.6 Å². The van der Waals surface area contributed by atoms with Gasteiger partial charge in [-0.2, -0.15) is 0 Å². The lowest BCUT2D eigenvalue weighted by Crippen LogP contribution is -3.07. The Balaban J connectivity index is 1.80. The number of hydrogen-bond acceptors (Lipinski definition) is 2. The Morgan fingerprint density at radius 3 is 1.96 bits per heavy atom. The van der Waals surface area contributed by atoms with Crippen molar-refractivity contribution >= 4 is 5.91 Å². The van der Waals surface area contributed by atoms with Gasteiger partial charge in [0.2, 0.25) is 5.91 Å². The van der Waals surface area contributed by atoms with Crippen molar-refractivity contribution in [2.45, 2.75) is 12.0 Å². The van der Waals surface area contributed by atoms with Crippen LogP contribution in [0.5, 0.6) is 0 Å². The second-order valence-electron chi connectivity index (χ2n) is 6.64. The van der Waals surface area contributed by atoms with E-state index >= 15 is 0 Å². The van der Waals surface area contributed by atoms with Gasteiger partial charge in [0.15, 0.2) is 11.8 Å². The lowest BCUT2D eigenvalue weighted by molar-refractivity contribution is -0.891. The van der Waals surface area contributed by atoms with Gasteiger partial charge >= 0.3 is 0 Å². The summed E-state index contributed by atoms with van der Waals surface area (Å²) in [5, 5.41) is 3.13. The fourth-order valence-electron chi connectivity index (χ4n) is 3.17. The Morgan fingerprint density at radius 2 is 1.50 bits per heavy atom. The number of quaternary nitrogens is 1. The van der Waals surface area contributed by atoms with Crippen molar-refractivity contribution in [3.05, 3.63) is 95.9 Å². The molecule has 4 nitrogen and oxygen atoms in total. The minimum Gasteiger partial charge on any atom is -0.463 e. The van der Waals surface area contributed by atoms with Gasteiger partial charge in [-0.1, -0.05) is 60.7 Å². The monoisotopic (exact) mass is 349 g/mol. The molecule has 1 aromatic heterocycles. The van der Waals surface area contributed by atoms with Crippen LogP contribution in [0.15, 0.2) is 83.5 Å². The third-order valence-corrected chi connectivity index (χ3v) is 4.59. The topological polar surface area (TPSA) is 46.7 Å². The van der Waals surface area contributed by atoms with E-state index in [1.165, 1.54) is 4.90 Å². The summed E-state index contributed by atoms with van der Waals surface area (Å²) < 4.78 is 5.55. The van der Waals surface area contributed by atoms with Crippen molar-refractivity contribution < 1.29 is 14.1 Å². The van der Waals surface area contributed by atoms with E-state index in [2.05, 4.69) is 19.4 Å². The Morgan fingerprint density at radius 1 is 0.923 bits per heavy atom. The number of hydrogen-bond donors (Lipinski definition) is 2. The zero-order chi connectivity index (χ0) is 18.4. The summed E-state index contributed by atoms with van der Waals surface area (Å²) in [5.41, 5.74) is 1.98. The molecule has 1 atom stereocenters. The number of carbonyl (C=O) groups excluding carboxylic acids is 1. The molecular formula is C22H25N2O2+. The normalized spacial score (nSPS) is 12.3. The van der Waals surface area contributed by atoms with Crippen LogP contribution in [0.2, 0.25) is 0 Å². The lowest BCUT2D eigenvalue weighted by atomic mass is 9.90. The molecular weight excluding hydrogens is 324 g/mol. The molecule has 0 radical (unpaired) electrons. The highest BCUT2D eigenvalue weighted by Gasteiger charge is 2.26. The van der Waals surface area contributed by atoms with Crippen molar-refractivity contribution in [3.8, 4) is 0 Å². The van der Waals surface area contributed by atoms with Crippen molar-refractivity contribution in [1.29, 1.82) is 0 Å². The molecule has 0 unspecified atom stereocenters. The fraction of sp³-hybridized carbons (Fsp3) is 0.227. The molecule has 0 aliphatic heterocycles. The summed E-state index contributed by atoms with van der Waals surface area (Å²) in [5.74, 6) is 0.549. The number of carbonyl (C=O) groups is 1. The third-order valence-electron chi connectivity index (χ3n) is 4.59. The maximum Gasteiger partial charge on any atom is 0.232 e. The first-order chi connectivity index (χ1) is 12.7. The van der Waals surface area contributed by atoms with E-state index in [9.17, 15) is 4.79 Å². The van der Waals surface area contributed by atoms with Gasteiger partial charge in [0.25, 0.3) is 0 Å². The number of nitrogens with one attached hydrogen (secondary N) is 2. The van der Waals surface area contributed by atoms with Crippen molar-refractivity contribution in [1.82, 2.24) is 5.32 Å². The largest absolute Gasteiger partial charge is 0.463 e. The van der Waals surface area contributed by atoms with E-state index in [-0.39, 0.29) is 17.9 Å². The highest BCUT2D eigenvalue weighted by atomic mass is 16.3. The Labute approximate surface area is 154 Å². The van der Waals surface area contributed by atoms with Crippen molar-refractivity contribution in [2.24, 2.45) is 0 Å². The van der Waals surface area contributed by atoms with Crippen LogP contribution in [-0.2, 0) is 4.79 Å². The van der Waals surface area contributed by atoms with Crippen LogP contribution in [-0.4, -0.2) is 26.5 Å². The Hall–Kier alpha value is -2.85. The zero-order valence-electron chi connectivity index (χ0n) is 15.2. The van der Waals surface area contributed by atoms with E-state index in [4.69, 9.17) is 4.42 Å². The van der Waals surface area contributed by atoms with Crippen LogP contribution in [0.4, 0.5) is 0 Å². The van der Waals surface area contributed by atoms with Gasteiger partial charge in [0.1, 0.15) is 0 Å². The van der Waals surface area contributed by atoms with Gasteiger partial charge in [-0.25, -0.2) is 0 Å².